The van der Waals surface area contributed by atoms with Gasteiger partial charge in [0, 0.05) is 12.3 Å². The smallest absolute Gasteiger partial charge is 0.124 e. The lowest BCUT2D eigenvalue weighted by Gasteiger charge is -2.24. The van der Waals surface area contributed by atoms with E-state index in [0.29, 0.717) is 12.3 Å². The summed E-state index contributed by atoms with van der Waals surface area (Å²) in [5.74, 6) is 0.506. The van der Waals surface area contributed by atoms with Crippen LogP contribution in [0.4, 0.5) is 0 Å². The van der Waals surface area contributed by atoms with Crippen LogP contribution in [0.25, 0.3) is 0 Å². The fraction of sp³-hybridized carbons (Fsp3) is 0.800. The van der Waals surface area contributed by atoms with Crippen LogP contribution < -0.4 is 0 Å². The number of nitriles is 1. The van der Waals surface area contributed by atoms with Gasteiger partial charge < -0.3 is 4.79 Å². The summed E-state index contributed by atoms with van der Waals surface area (Å²) in [6, 6.07) is 2.08. The van der Waals surface area contributed by atoms with Gasteiger partial charge >= 0.3 is 0 Å². The first-order valence-electron chi connectivity index (χ1n) is 4.70. The summed E-state index contributed by atoms with van der Waals surface area (Å²) >= 11 is 0. The summed E-state index contributed by atoms with van der Waals surface area (Å²) in [6.07, 6.45) is 7.44. The van der Waals surface area contributed by atoms with E-state index in [-0.39, 0.29) is 5.92 Å². The van der Waals surface area contributed by atoms with Crippen molar-refractivity contribution in [3.63, 3.8) is 0 Å². The van der Waals surface area contributed by atoms with Gasteiger partial charge in [-0.2, -0.15) is 5.26 Å². The minimum Gasteiger partial charge on any atom is -0.303 e. The molecule has 12 heavy (non-hydrogen) atoms. The maximum absolute atomic E-state index is 10.6. The van der Waals surface area contributed by atoms with Crippen LogP contribution >= 0.6 is 0 Å². The van der Waals surface area contributed by atoms with Gasteiger partial charge in [-0.25, -0.2) is 0 Å². The quantitative estimate of drug-likeness (QED) is 0.602. The number of hydrogen-bond acceptors (Lipinski definition) is 2. The van der Waals surface area contributed by atoms with Crippen molar-refractivity contribution in [1.82, 2.24) is 0 Å². The number of nitrogens with zero attached hydrogens (tertiary/aromatic N) is 1. The number of carbonyl (C=O) groups excluding carboxylic acids is 1. The Labute approximate surface area is 73.6 Å². The summed E-state index contributed by atoms with van der Waals surface area (Å²) in [6.45, 7) is 0. The summed E-state index contributed by atoms with van der Waals surface area (Å²) < 4.78 is 0. The van der Waals surface area contributed by atoms with Gasteiger partial charge in [0.2, 0.25) is 0 Å². The second-order valence-corrected chi connectivity index (χ2v) is 3.56. The van der Waals surface area contributed by atoms with Crippen LogP contribution in [-0.4, -0.2) is 6.29 Å². The minimum absolute atomic E-state index is 0.00954. The van der Waals surface area contributed by atoms with Gasteiger partial charge in [0.05, 0.1) is 6.07 Å². The second-order valence-electron chi connectivity index (χ2n) is 3.56. The molecule has 0 bridgehead atoms. The van der Waals surface area contributed by atoms with E-state index in [1.54, 1.807) is 0 Å². The molecule has 1 saturated carbocycles. The van der Waals surface area contributed by atoms with Crippen LogP contribution in [0.2, 0.25) is 0 Å². The molecule has 1 atom stereocenters. The van der Waals surface area contributed by atoms with E-state index in [9.17, 15) is 4.79 Å². The molecule has 0 spiro atoms. The Morgan fingerprint density at radius 2 is 2.08 bits per heavy atom. The molecule has 0 amide bonds. The zero-order chi connectivity index (χ0) is 8.81. The second kappa shape index (κ2) is 4.92. The predicted molar refractivity (Wildman–Crippen MR) is 46.4 cm³/mol. The minimum atomic E-state index is 0.00954. The van der Waals surface area contributed by atoms with Crippen molar-refractivity contribution < 1.29 is 4.79 Å². The highest BCUT2D eigenvalue weighted by molar-refractivity contribution is 5.54. The lowest BCUT2D eigenvalue weighted by molar-refractivity contribution is -0.112. The Bertz CT molecular complexity index is 177. The van der Waals surface area contributed by atoms with Crippen molar-refractivity contribution in [3.05, 3.63) is 0 Å². The summed E-state index contributed by atoms with van der Waals surface area (Å²) in [5, 5.41) is 8.49. The molecule has 0 heterocycles. The fourth-order valence-electron chi connectivity index (χ4n) is 1.99. The molecule has 0 aromatic carbocycles. The van der Waals surface area contributed by atoms with E-state index in [0.717, 1.165) is 19.1 Å². The molecule has 0 unspecified atom stereocenters. The Kier molecular flexibility index (Phi) is 3.79. The maximum Gasteiger partial charge on any atom is 0.124 e. The van der Waals surface area contributed by atoms with Gasteiger partial charge in [0.15, 0.2) is 0 Å². The monoisotopic (exact) mass is 165 g/mol. The normalized spacial score (nSPS) is 21.2. The van der Waals surface area contributed by atoms with Crippen molar-refractivity contribution in [3.8, 4) is 6.07 Å². The van der Waals surface area contributed by atoms with E-state index in [1.165, 1.54) is 19.3 Å². The highest BCUT2D eigenvalue weighted by Gasteiger charge is 2.22. The van der Waals surface area contributed by atoms with Crippen molar-refractivity contribution >= 4 is 6.29 Å². The molecule has 0 radical (unpaired) electrons. The average molecular weight is 165 g/mol. The third kappa shape index (κ3) is 2.34. The number of aldehydes is 1. The largest absolute Gasteiger partial charge is 0.303 e. The number of carbonyl (C=O) groups is 1. The van der Waals surface area contributed by atoms with Crippen LogP contribution in [0.5, 0.6) is 0 Å². The van der Waals surface area contributed by atoms with E-state index in [1.807, 2.05) is 0 Å². The third-order valence-corrected chi connectivity index (χ3v) is 2.76. The molecule has 0 N–H and O–H groups in total. The maximum atomic E-state index is 10.6. The highest BCUT2D eigenvalue weighted by Crippen LogP contribution is 2.30. The Morgan fingerprint density at radius 3 is 2.58 bits per heavy atom. The lowest BCUT2D eigenvalue weighted by atomic mass is 9.79. The molecule has 2 nitrogen and oxygen atoms in total. The average Bonchev–Trinajstić information content (AvgIpc) is 2.15. The Balaban J connectivity index is 2.41. The molecule has 2 heteroatoms. The molecule has 0 aromatic rings. The van der Waals surface area contributed by atoms with Crippen LogP contribution in [0.15, 0.2) is 0 Å². The van der Waals surface area contributed by atoms with E-state index >= 15 is 0 Å². The van der Waals surface area contributed by atoms with E-state index in [2.05, 4.69) is 6.07 Å². The first-order chi connectivity index (χ1) is 5.88. The standard InChI is InChI=1S/C10H15NO/c11-7-6-10(8-12)9-4-2-1-3-5-9/h8-10H,1-6H2/t10-/m1/s1. The predicted octanol–water partition coefficient (Wildman–Crippen LogP) is 2.30. The molecular weight excluding hydrogens is 150 g/mol. The molecule has 1 rings (SSSR count). The van der Waals surface area contributed by atoms with Crippen LogP contribution in [0.3, 0.4) is 0 Å². The molecule has 66 valence electrons. The molecule has 1 fully saturated rings. The summed E-state index contributed by atoms with van der Waals surface area (Å²) in [4.78, 5) is 10.6. The first-order valence-corrected chi connectivity index (χ1v) is 4.70. The van der Waals surface area contributed by atoms with Crippen molar-refractivity contribution in [1.29, 1.82) is 5.26 Å². The van der Waals surface area contributed by atoms with Crippen LogP contribution in [0, 0.1) is 23.2 Å². The third-order valence-electron chi connectivity index (χ3n) is 2.76. The molecule has 1 aliphatic rings. The van der Waals surface area contributed by atoms with Gasteiger partial charge in [0.1, 0.15) is 6.29 Å². The van der Waals surface area contributed by atoms with Crippen LogP contribution in [-0.2, 0) is 4.79 Å². The van der Waals surface area contributed by atoms with Crippen molar-refractivity contribution in [2.45, 2.75) is 38.5 Å². The molecule has 1 aliphatic carbocycles. The zero-order valence-corrected chi connectivity index (χ0v) is 7.33. The molecular formula is C10H15NO. The topological polar surface area (TPSA) is 40.9 Å². The molecule has 0 aliphatic heterocycles. The highest BCUT2D eigenvalue weighted by atomic mass is 16.1. The lowest BCUT2D eigenvalue weighted by Crippen LogP contribution is -2.18. The fourth-order valence-corrected chi connectivity index (χ4v) is 1.99. The van der Waals surface area contributed by atoms with Gasteiger partial charge in [-0.3, -0.25) is 0 Å². The van der Waals surface area contributed by atoms with E-state index < -0.39 is 0 Å². The van der Waals surface area contributed by atoms with Gasteiger partial charge in [0.25, 0.3) is 0 Å². The molecule has 0 aromatic heterocycles. The van der Waals surface area contributed by atoms with Crippen molar-refractivity contribution in [2.75, 3.05) is 0 Å². The number of hydrogen-bond donors (Lipinski definition) is 0. The summed E-state index contributed by atoms with van der Waals surface area (Å²) in [5.41, 5.74) is 0. The Hall–Kier alpha value is -0.840. The van der Waals surface area contributed by atoms with E-state index in [4.69, 9.17) is 5.26 Å². The zero-order valence-electron chi connectivity index (χ0n) is 7.33. The SMILES string of the molecule is N#CC[C@H](C=O)C1CCCCC1. The number of rotatable bonds is 3. The first kappa shape index (κ1) is 9.25. The Morgan fingerprint density at radius 1 is 1.42 bits per heavy atom. The van der Waals surface area contributed by atoms with Crippen LogP contribution in [0.1, 0.15) is 38.5 Å². The molecule has 0 saturated heterocycles. The summed E-state index contributed by atoms with van der Waals surface area (Å²) in [7, 11) is 0. The van der Waals surface area contributed by atoms with Gasteiger partial charge in [-0.1, -0.05) is 19.3 Å². The van der Waals surface area contributed by atoms with Crippen molar-refractivity contribution in [2.24, 2.45) is 11.8 Å². The van der Waals surface area contributed by atoms with Gasteiger partial charge in [-0.05, 0) is 18.8 Å². The van der Waals surface area contributed by atoms with Gasteiger partial charge in [-0.15, -0.1) is 0 Å².